The Balaban J connectivity index is 2.52. The summed E-state index contributed by atoms with van der Waals surface area (Å²) in [5, 5.41) is 0. The zero-order valence-electron chi connectivity index (χ0n) is 11.7. The van der Waals surface area contributed by atoms with Crippen LogP contribution in [0, 0.1) is 0 Å². The molecule has 0 amide bonds. The molecule has 0 unspecified atom stereocenters. The van der Waals surface area contributed by atoms with E-state index in [1.807, 2.05) is 0 Å². The van der Waals surface area contributed by atoms with E-state index < -0.39 is 16.0 Å². The predicted octanol–water partition coefficient (Wildman–Crippen LogP) is 0.693. The SMILES string of the molecule is CCOC(=O)CCNS(=O)(=O)Cc1ccc(C(N)=S)cc1. The van der Waals surface area contributed by atoms with Crippen LogP contribution in [-0.2, 0) is 25.3 Å². The van der Waals surface area contributed by atoms with E-state index in [0.717, 1.165) is 0 Å². The molecule has 1 aromatic rings. The second-order valence-corrected chi connectivity index (χ2v) is 6.52. The van der Waals surface area contributed by atoms with Crippen molar-refractivity contribution in [3.63, 3.8) is 0 Å². The molecule has 1 aromatic carbocycles. The van der Waals surface area contributed by atoms with Gasteiger partial charge in [-0.1, -0.05) is 36.5 Å². The van der Waals surface area contributed by atoms with E-state index in [-0.39, 0.29) is 30.3 Å². The normalized spacial score (nSPS) is 11.1. The van der Waals surface area contributed by atoms with Crippen LogP contribution in [0.4, 0.5) is 0 Å². The molecule has 116 valence electrons. The molecule has 1 rings (SSSR count). The fraction of sp³-hybridized carbons (Fsp3) is 0.385. The zero-order chi connectivity index (χ0) is 15.9. The molecule has 0 fully saturated rings. The molecule has 0 saturated heterocycles. The second kappa shape index (κ2) is 8.06. The maximum Gasteiger partial charge on any atom is 0.307 e. The lowest BCUT2D eigenvalue weighted by Crippen LogP contribution is -2.28. The van der Waals surface area contributed by atoms with Gasteiger partial charge in [0.2, 0.25) is 10.0 Å². The number of hydrogen-bond acceptors (Lipinski definition) is 5. The number of carbonyl (C=O) groups excluding carboxylic acids is 1. The summed E-state index contributed by atoms with van der Waals surface area (Å²) < 4.78 is 30.8. The van der Waals surface area contributed by atoms with Crippen LogP contribution in [0.2, 0.25) is 0 Å². The number of carbonyl (C=O) groups is 1. The van der Waals surface area contributed by atoms with E-state index in [4.69, 9.17) is 22.7 Å². The van der Waals surface area contributed by atoms with Gasteiger partial charge >= 0.3 is 5.97 Å². The van der Waals surface area contributed by atoms with Crippen LogP contribution in [0.3, 0.4) is 0 Å². The first kappa shape index (κ1) is 17.5. The minimum absolute atomic E-state index is 0.00739. The maximum atomic E-state index is 11.8. The molecule has 0 heterocycles. The number of esters is 1. The highest BCUT2D eigenvalue weighted by atomic mass is 32.2. The molecule has 0 aliphatic carbocycles. The Morgan fingerprint density at radius 1 is 1.33 bits per heavy atom. The summed E-state index contributed by atoms with van der Waals surface area (Å²) in [6.45, 7) is 1.99. The summed E-state index contributed by atoms with van der Waals surface area (Å²) >= 11 is 4.82. The van der Waals surface area contributed by atoms with Crippen molar-refractivity contribution < 1.29 is 17.9 Å². The third-order valence-corrected chi connectivity index (χ3v) is 4.14. The fourth-order valence-corrected chi connectivity index (χ4v) is 2.86. The van der Waals surface area contributed by atoms with Crippen LogP contribution in [0.1, 0.15) is 24.5 Å². The Labute approximate surface area is 129 Å². The molecule has 0 atom stereocenters. The summed E-state index contributed by atoms with van der Waals surface area (Å²) in [6.07, 6.45) is 0.00739. The topological polar surface area (TPSA) is 98.5 Å². The number of nitrogens with two attached hydrogens (primary N) is 1. The van der Waals surface area contributed by atoms with Crippen LogP contribution in [0.25, 0.3) is 0 Å². The first-order chi connectivity index (χ1) is 9.84. The van der Waals surface area contributed by atoms with Gasteiger partial charge < -0.3 is 10.5 Å². The molecule has 3 N–H and O–H groups in total. The van der Waals surface area contributed by atoms with Gasteiger partial charge in [0, 0.05) is 12.1 Å². The standard InChI is InChI=1S/C13H18N2O4S2/c1-2-19-12(16)7-8-15-21(17,18)9-10-3-5-11(6-4-10)13(14)20/h3-6,15H,2,7-9H2,1H3,(H2,14,20). The molecule has 6 nitrogen and oxygen atoms in total. The summed E-state index contributed by atoms with van der Waals surface area (Å²) in [4.78, 5) is 11.4. The molecule has 0 aliphatic rings. The Morgan fingerprint density at radius 3 is 2.48 bits per heavy atom. The van der Waals surface area contributed by atoms with E-state index in [2.05, 4.69) is 4.72 Å². The molecule has 0 radical (unpaired) electrons. The lowest BCUT2D eigenvalue weighted by atomic mass is 10.1. The number of sulfonamides is 1. The Morgan fingerprint density at radius 2 is 1.95 bits per heavy atom. The Kier molecular flexibility index (Phi) is 6.73. The number of thiocarbonyl (C=S) groups is 1. The highest BCUT2D eigenvalue weighted by Gasteiger charge is 2.12. The Hall–Kier alpha value is -1.51. The molecule has 0 saturated carbocycles. The predicted molar refractivity (Wildman–Crippen MR) is 84.2 cm³/mol. The quantitative estimate of drug-likeness (QED) is 0.538. The van der Waals surface area contributed by atoms with Crippen LogP contribution >= 0.6 is 12.2 Å². The highest BCUT2D eigenvalue weighted by molar-refractivity contribution is 7.88. The number of rotatable bonds is 8. The second-order valence-electron chi connectivity index (χ2n) is 4.27. The van der Waals surface area contributed by atoms with Gasteiger partial charge in [-0.25, -0.2) is 13.1 Å². The van der Waals surface area contributed by atoms with Gasteiger partial charge in [0.1, 0.15) is 4.99 Å². The Bertz CT molecular complexity index is 597. The lowest BCUT2D eigenvalue weighted by Gasteiger charge is -2.07. The van der Waals surface area contributed by atoms with E-state index >= 15 is 0 Å². The van der Waals surface area contributed by atoms with Crippen LogP contribution in [0.5, 0.6) is 0 Å². The molecule has 0 spiro atoms. The van der Waals surface area contributed by atoms with Crippen LogP contribution in [0.15, 0.2) is 24.3 Å². The van der Waals surface area contributed by atoms with Gasteiger partial charge in [-0.15, -0.1) is 0 Å². The molecule has 0 aromatic heterocycles. The first-order valence-electron chi connectivity index (χ1n) is 6.35. The van der Waals surface area contributed by atoms with Crippen molar-refractivity contribution in [1.29, 1.82) is 0 Å². The van der Waals surface area contributed by atoms with Gasteiger partial charge in [-0.2, -0.15) is 0 Å². The minimum Gasteiger partial charge on any atom is -0.466 e. The van der Waals surface area contributed by atoms with Crippen molar-refractivity contribution in [2.75, 3.05) is 13.2 Å². The number of benzene rings is 1. The van der Waals surface area contributed by atoms with Crippen LogP contribution in [-0.4, -0.2) is 32.5 Å². The summed E-state index contributed by atoms with van der Waals surface area (Å²) in [5.41, 5.74) is 6.76. The van der Waals surface area contributed by atoms with E-state index in [0.29, 0.717) is 11.1 Å². The van der Waals surface area contributed by atoms with Crippen molar-refractivity contribution in [2.24, 2.45) is 5.73 Å². The fourth-order valence-electron chi connectivity index (χ4n) is 1.58. The molecular formula is C13H18N2O4S2. The molecule has 21 heavy (non-hydrogen) atoms. The largest absolute Gasteiger partial charge is 0.466 e. The van der Waals surface area contributed by atoms with Gasteiger partial charge in [0.15, 0.2) is 0 Å². The average molecular weight is 330 g/mol. The van der Waals surface area contributed by atoms with Crippen LogP contribution < -0.4 is 10.5 Å². The lowest BCUT2D eigenvalue weighted by molar-refractivity contribution is -0.142. The smallest absolute Gasteiger partial charge is 0.307 e. The molecular weight excluding hydrogens is 312 g/mol. The van der Waals surface area contributed by atoms with E-state index in [1.165, 1.54) is 0 Å². The van der Waals surface area contributed by atoms with Crippen molar-refractivity contribution >= 4 is 33.2 Å². The van der Waals surface area contributed by atoms with Gasteiger partial charge in [-0.05, 0) is 12.5 Å². The number of nitrogens with one attached hydrogen (secondary N) is 1. The van der Waals surface area contributed by atoms with Gasteiger partial charge in [-0.3, -0.25) is 4.79 Å². The first-order valence-corrected chi connectivity index (χ1v) is 8.42. The monoisotopic (exact) mass is 330 g/mol. The van der Waals surface area contributed by atoms with E-state index in [1.54, 1.807) is 31.2 Å². The van der Waals surface area contributed by atoms with E-state index in [9.17, 15) is 13.2 Å². The van der Waals surface area contributed by atoms with Crippen molar-refractivity contribution in [1.82, 2.24) is 4.72 Å². The molecule has 0 aliphatic heterocycles. The average Bonchev–Trinajstić information content (AvgIpc) is 2.38. The third kappa shape index (κ3) is 6.65. The maximum absolute atomic E-state index is 11.8. The van der Waals surface area contributed by atoms with Crippen molar-refractivity contribution in [3.05, 3.63) is 35.4 Å². The third-order valence-electron chi connectivity index (χ3n) is 2.55. The number of ether oxygens (including phenoxy) is 1. The summed E-state index contributed by atoms with van der Waals surface area (Å²) in [5.74, 6) is -0.603. The van der Waals surface area contributed by atoms with Crippen molar-refractivity contribution in [2.45, 2.75) is 19.1 Å². The number of hydrogen-bond donors (Lipinski definition) is 2. The molecule has 0 bridgehead atoms. The van der Waals surface area contributed by atoms with Gasteiger partial charge in [0.05, 0.1) is 18.8 Å². The summed E-state index contributed by atoms with van der Waals surface area (Å²) in [7, 11) is -3.50. The minimum atomic E-state index is -3.50. The van der Waals surface area contributed by atoms with Gasteiger partial charge in [0.25, 0.3) is 0 Å². The summed E-state index contributed by atoms with van der Waals surface area (Å²) in [6, 6.07) is 6.65. The zero-order valence-corrected chi connectivity index (χ0v) is 13.3. The van der Waals surface area contributed by atoms with Crippen molar-refractivity contribution in [3.8, 4) is 0 Å². The highest BCUT2D eigenvalue weighted by Crippen LogP contribution is 2.08. The molecule has 8 heteroatoms.